The molecule has 3 nitrogen and oxygen atoms in total. The molecular formula is C14H29NO2S. The molecule has 3 unspecified atom stereocenters. The molecule has 108 valence electrons. The second kappa shape index (κ2) is 7.73. The van der Waals surface area contributed by atoms with Crippen LogP contribution in [0.25, 0.3) is 0 Å². The van der Waals surface area contributed by atoms with Gasteiger partial charge in [-0.1, -0.05) is 6.42 Å². The Labute approximate surface area is 116 Å². The fraction of sp³-hybridized carbons (Fsp3) is 1.00. The third-order valence-corrected chi connectivity index (χ3v) is 4.41. The Balaban J connectivity index is 2.15. The van der Waals surface area contributed by atoms with Gasteiger partial charge in [0.1, 0.15) is 0 Å². The Morgan fingerprint density at radius 3 is 2.72 bits per heavy atom. The summed E-state index contributed by atoms with van der Waals surface area (Å²) < 4.78 is 5.58. The molecule has 0 aromatic heterocycles. The molecule has 0 amide bonds. The molecule has 1 saturated carbocycles. The lowest BCUT2D eigenvalue weighted by Crippen LogP contribution is -2.41. The quantitative estimate of drug-likeness (QED) is 0.781. The fourth-order valence-electron chi connectivity index (χ4n) is 2.25. The van der Waals surface area contributed by atoms with Gasteiger partial charge in [-0.15, -0.1) is 0 Å². The molecule has 2 N–H and O–H groups in total. The van der Waals surface area contributed by atoms with Crippen LogP contribution in [0, 0.1) is 0 Å². The van der Waals surface area contributed by atoms with Crippen molar-refractivity contribution in [3.05, 3.63) is 0 Å². The summed E-state index contributed by atoms with van der Waals surface area (Å²) in [4.78, 5) is 0. The maximum atomic E-state index is 9.87. The number of aliphatic hydroxyl groups is 1. The van der Waals surface area contributed by atoms with E-state index < -0.39 is 6.10 Å². The minimum Gasteiger partial charge on any atom is -0.389 e. The van der Waals surface area contributed by atoms with E-state index in [-0.39, 0.29) is 5.60 Å². The van der Waals surface area contributed by atoms with Gasteiger partial charge in [0.25, 0.3) is 0 Å². The van der Waals surface area contributed by atoms with E-state index in [4.69, 9.17) is 4.74 Å². The van der Waals surface area contributed by atoms with E-state index in [0.29, 0.717) is 19.2 Å². The topological polar surface area (TPSA) is 41.5 Å². The SMILES string of the molecule is CSC1CCCC(NCC(O)COC(C)(C)C)C1. The number of hydrogen-bond donors (Lipinski definition) is 2. The second-order valence-corrected chi connectivity index (χ2v) is 7.34. The molecular weight excluding hydrogens is 246 g/mol. The molecule has 4 heteroatoms. The van der Waals surface area contributed by atoms with Crippen LogP contribution >= 0.6 is 11.8 Å². The fourth-order valence-corrected chi connectivity index (χ4v) is 3.08. The van der Waals surface area contributed by atoms with E-state index in [1.165, 1.54) is 25.7 Å². The highest BCUT2D eigenvalue weighted by Gasteiger charge is 2.21. The Bertz CT molecular complexity index is 230. The third kappa shape index (κ3) is 6.98. The molecule has 0 spiro atoms. The standard InChI is InChI=1S/C14H29NO2S/c1-14(2,3)17-10-12(16)9-15-11-6-5-7-13(8-11)18-4/h11-13,15-16H,5-10H2,1-4H3. The van der Waals surface area contributed by atoms with Crippen molar-refractivity contribution < 1.29 is 9.84 Å². The summed E-state index contributed by atoms with van der Waals surface area (Å²) in [5.41, 5.74) is -0.171. The summed E-state index contributed by atoms with van der Waals surface area (Å²) in [7, 11) is 0. The third-order valence-electron chi connectivity index (χ3n) is 3.31. The molecule has 0 heterocycles. The number of rotatable bonds is 6. The lowest BCUT2D eigenvalue weighted by atomic mass is 9.95. The summed E-state index contributed by atoms with van der Waals surface area (Å²) in [5.74, 6) is 0. The first-order valence-corrected chi connectivity index (χ1v) is 8.27. The highest BCUT2D eigenvalue weighted by Crippen LogP contribution is 2.26. The molecule has 3 atom stereocenters. The van der Waals surface area contributed by atoms with Gasteiger partial charge in [-0.25, -0.2) is 0 Å². The normalized spacial score (nSPS) is 27.2. The Hall–Kier alpha value is 0.230. The van der Waals surface area contributed by atoms with E-state index in [1.807, 2.05) is 32.5 Å². The van der Waals surface area contributed by atoms with Crippen LogP contribution in [0.1, 0.15) is 46.5 Å². The van der Waals surface area contributed by atoms with Crippen LogP contribution < -0.4 is 5.32 Å². The van der Waals surface area contributed by atoms with Gasteiger partial charge < -0.3 is 15.2 Å². The van der Waals surface area contributed by atoms with Crippen LogP contribution in [0.4, 0.5) is 0 Å². The van der Waals surface area contributed by atoms with Gasteiger partial charge in [0.15, 0.2) is 0 Å². The molecule has 0 radical (unpaired) electrons. The Morgan fingerprint density at radius 1 is 1.39 bits per heavy atom. The van der Waals surface area contributed by atoms with E-state index in [1.54, 1.807) is 0 Å². The highest BCUT2D eigenvalue weighted by atomic mass is 32.2. The zero-order chi connectivity index (χ0) is 13.6. The van der Waals surface area contributed by atoms with Crippen molar-refractivity contribution in [1.82, 2.24) is 5.32 Å². The average Bonchev–Trinajstić information content (AvgIpc) is 2.33. The summed E-state index contributed by atoms with van der Waals surface area (Å²) >= 11 is 1.97. The molecule has 1 aliphatic rings. The van der Waals surface area contributed by atoms with Gasteiger partial charge in [0.2, 0.25) is 0 Å². The predicted octanol–water partition coefficient (Wildman–Crippen LogP) is 2.43. The second-order valence-electron chi connectivity index (χ2n) is 6.21. The molecule has 0 aromatic rings. The number of hydrogen-bond acceptors (Lipinski definition) is 4. The van der Waals surface area contributed by atoms with E-state index in [0.717, 1.165) is 5.25 Å². The highest BCUT2D eigenvalue weighted by molar-refractivity contribution is 7.99. The first kappa shape index (κ1) is 16.3. The van der Waals surface area contributed by atoms with Crippen LogP contribution in [-0.2, 0) is 4.74 Å². The molecule has 0 bridgehead atoms. The smallest absolute Gasteiger partial charge is 0.0898 e. The number of nitrogens with one attached hydrogen (secondary N) is 1. The zero-order valence-electron chi connectivity index (χ0n) is 12.2. The molecule has 18 heavy (non-hydrogen) atoms. The zero-order valence-corrected chi connectivity index (χ0v) is 13.1. The van der Waals surface area contributed by atoms with Gasteiger partial charge in [-0.05, 0) is 46.3 Å². The van der Waals surface area contributed by atoms with Crippen molar-refractivity contribution in [2.45, 2.75) is 69.5 Å². The van der Waals surface area contributed by atoms with Crippen molar-refractivity contribution in [3.63, 3.8) is 0 Å². The first-order valence-electron chi connectivity index (χ1n) is 6.99. The van der Waals surface area contributed by atoms with Gasteiger partial charge in [-0.2, -0.15) is 11.8 Å². The van der Waals surface area contributed by atoms with Gasteiger partial charge in [0, 0.05) is 17.8 Å². The van der Waals surface area contributed by atoms with E-state index >= 15 is 0 Å². The Kier molecular flexibility index (Phi) is 6.99. The molecule has 1 rings (SSSR count). The van der Waals surface area contributed by atoms with Gasteiger partial charge >= 0.3 is 0 Å². The van der Waals surface area contributed by atoms with Crippen LogP contribution in [0.3, 0.4) is 0 Å². The average molecular weight is 275 g/mol. The molecule has 0 aromatic carbocycles. The summed E-state index contributed by atoms with van der Waals surface area (Å²) in [6.45, 7) is 7.09. The summed E-state index contributed by atoms with van der Waals surface area (Å²) in [6.07, 6.45) is 6.91. The monoisotopic (exact) mass is 275 g/mol. The van der Waals surface area contributed by atoms with Crippen LogP contribution in [0.5, 0.6) is 0 Å². The number of thioether (sulfide) groups is 1. The number of aliphatic hydroxyl groups excluding tert-OH is 1. The minimum absolute atomic E-state index is 0.171. The Morgan fingerprint density at radius 2 is 2.11 bits per heavy atom. The lowest BCUT2D eigenvalue weighted by molar-refractivity contribution is -0.0485. The van der Waals surface area contributed by atoms with Crippen molar-refractivity contribution in [1.29, 1.82) is 0 Å². The molecule has 0 aliphatic heterocycles. The van der Waals surface area contributed by atoms with Gasteiger partial charge in [-0.3, -0.25) is 0 Å². The largest absolute Gasteiger partial charge is 0.389 e. The maximum Gasteiger partial charge on any atom is 0.0898 e. The molecule has 0 saturated heterocycles. The summed E-state index contributed by atoms with van der Waals surface area (Å²) in [6, 6.07) is 0.570. The molecule has 1 aliphatic carbocycles. The lowest BCUT2D eigenvalue weighted by Gasteiger charge is -2.30. The predicted molar refractivity (Wildman–Crippen MR) is 79.3 cm³/mol. The minimum atomic E-state index is -0.404. The van der Waals surface area contributed by atoms with Crippen LogP contribution in [-0.4, -0.2) is 47.5 Å². The van der Waals surface area contributed by atoms with Crippen molar-refractivity contribution >= 4 is 11.8 Å². The van der Waals surface area contributed by atoms with Crippen LogP contribution in [0.2, 0.25) is 0 Å². The summed E-state index contributed by atoms with van der Waals surface area (Å²) in [5, 5.41) is 14.1. The van der Waals surface area contributed by atoms with E-state index in [2.05, 4.69) is 11.6 Å². The van der Waals surface area contributed by atoms with Crippen LogP contribution in [0.15, 0.2) is 0 Å². The first-order chi connectivity index (χ1) is 8.40. The van der Waals surface area contributed by atoms with Crippen molar-refractivity contribution in [3.8, 4) is 0 Å². The van der Waals surface area contributed by atoms with Crippen molar-refractivity contribution in [2.75, 3.05) is 19.4 Å². The number of ether oxygens (including phenoxy) is 1. The van der Waals surface area contributed by atoms with Crippen molar-refractivity contribution in [2.24, 2.45) is 0 Å². The van der Waals surface area contributed by atoms with E-state index in [9.17, 15) is 5.11 Å². The maximum absolute atomic E-state index is 9.87. The van der Waals surface area contributed by atoms with Gasteiger partial charge in [0.05, 0.1) is 18.3 Å². The molecule has 1 fully saturated rings.